The van der Waals surface area contributed by atoms with E-state index in [4.69, 9.17) is 28.0 Å². The number of halogens is 3. The van der Waals surface area contributed by atoms with Gasteiger partial charge in [-0.05, 0) is 61.5 Å². The molecule has 0 aliphatic rings. The van der Waals surface area contributed by atoms with E-state index in [1.807, 2.05) is 0 Å². The summed E-state index contributed by atoms with van der Waals surface area (Å²) in [5.41, 5.74) is 3.13. The minimum absolute atomic E-state index is 0. The number of anilines is 1. The van der Waals surface area contributed by atoms with Gasteiger partial charge in [0.1, 0.15) is 0 Å². The van der Waals surface area contributed by atoms with Crippen LogP contribution in [0.3, 0.4) is 0 Å². The Kier molecular flexibility index (Phi) is 11.0. The zero-order valence-electron chi connectivity index (χ0n) is 19.9. The highest BCUT2D eigenvalue weighted by atomic mass is 35.5. The minimum Gasteiger partial charge on any atom is -0.363 e. The quantitative estimate of drug-likeness (QED) is 0.342. The zero-order valence-corrected chi connectivity index (χ0v) is 23.0. The summed E-state index contributed by atoms with van der Waals surface area (Å²) < 4.78 is 27.8. The predicted octanol–water partition coefficient (Wildman–Crippen LogP) is 4.32. The molecule has 0 saturated carbocycles. The molecule has 9 nitrogen and oxygen atoms in total. The molecular formula is C24H25Cl3N4O5S. The fourth-order valence-corrected chi connectivity index (χ4v) is 4.81. The lowest BCUT2D eigenvalue weighted by Crippen LogP contribution is -2.45. The number of amides is 2. The maximum Gasteiger partial charge on any atom is 0.295 e. The summed E-state index contributed by atoms with van der Waals surface area (Å²) in [6.45, 7) is 2.00. The number of hydrogen-bond acceptors (Lipinski definition) is 6. The van der Waals surface area contributed by atoms with Gasteiger partial charge in [-0.2, -0.15) is 8.42 Å². The van der Waals surface area contributed by atoms with Crippen molar-refractivity contribution in [1.82, 2.24) is 15.8 Å². The number of rotatable bonds is 10. The Morgan fingerprint density at radius 2 is 1.62 bits per heavy atom. The second-order valence-electron chi connectivity index (χ2n) is 7.30. The standard InChI is InChI=1S/C24H24Cl2N4O5S.ClH/c1-3-29(27-2)23(31)16-28-24(32)17-9-12-20(13-10-17)36(33,34)30(19-7-5-4-6-8-19)35-22-14-11-18(25)15-21(22)26;/h4-15,27H,3,16H2,1-2H3,(H,28,32);1H. The van der Waals surface area contributed by atoms with E-state index < -0.39 is 15.9 Å². The first-order valence-corrected chi connectivity index (χ1v) is 13.0. The maximum atomic E-state index is 13.5. The van der Waals surface area contributed by atoms with Gasteiger partial charge in [0.25, 0.3) is 21.8 Å². The van der Waals surface area contributed by atoms with Crippen molar-refractivity contribution in [2.45, 2.75) is 11.8 Å². The lowest BCUT2D eigenvalue weighted by molar-refractivity contribution is -0.132. The van der Waals surface area contributed by atoms with E-state index in [1.165, 1.54) is 47.5 Å². The average molecular weight is 588 g/mol. The van der Waals surface area contributed by atoms with E-state index in [0.717, 1.165) is 4.47 Å². The molecule has 3 aromatic carbocycles. The molecule has 3 rings (SSSR count). The smallest absolute Gasteiger partial charge is 0.295 e. The van der Waals surface area contributed by atoms with E-state index in [0.29, 0.717) is 11.6 Å². The van der Waals surface area contributed by atoms with E-state index in [2.05, 4.69) is 10.7 Å². The molecule has 0 fully saturated rings. The Labute approximate surface area is 231 Å². The number of benzene rings is 3. The third-order valence-corrected chi connectivity index (χ3v) is 7.08. The summed E-state index contributed by atoms with van der Waals surface area (Å²) in [6, 6.07) is 17.8. The number of likely N-dealkylation sites (N-methyl/N-ethyl adjacent to an activating group) is 1. The van der Waals surface area contributed by atoms with E-state index >= 15 is 0 Å². The second kappa shape index (κ2) is 13.5. The molecule has 0 saturated heterocycles. The Bertz CT molecular complexity index is 1320. The highest BCUT2D eigenvalue weighted by Gasteiger charge is 2.28. The number of nitrogens with zero attached hydrogens (tertiary/aromatic N) is 2. The first-order chi connectivity index (χ1) is 17.2. The second-order valence-corrected chi connectivity index (χ2v) is 9.90. The Balaban J connectivity index is 0.00000481. The SMILES string of the molecule is CCN(NC)C(=O)CNC(=O)c1ccc(S(=O)(=O)N(Oc2ccc(Cl)cc2Cl)c2ccccc2)cc1.Cl. The van der Waals surface area contributed by atoms with Crippen LogP contribution in [0.15, 0.2) is 77.7 Å². The van der Waals surface area contributed by atoms with Gasteiger partial charge >= 0.3 is 0 Å². The van der Waals surface area contributed by atoms with Gasteiger partial charge < -0.3 is 10.2 Å². The van der Waals surface area contributed by atoms with Gasteiger partial charge in [-0.1, -0.05) is 45.9 Å². The normalized spacial score (nSPS) is 10.7. The fraction of sp³-hybridized carbons (Fsp3) is 0.167. The Hall–Kier alpha value is -3.02. The van der Waals surface area contributed by atoms with Crippen molar-refractivity contribution in [3.8, 4) is 5.75 Å². The zero-order chi connectivity index (χ0) is 26.3. The van der Waals surface area contributed by atoms with Crippen LogP contribution in [-0.4, -0.2) is 45.4 Å². The Morgan fingerprint density at radius 3 is 2.19 bits per heavy atom. The molecule has 37 heavy (non-hydrogen) atoms. The van der Waals surface area contributed by atoms with Crippen molar-refractivity contribution >= 4 is 63.1 Å². The average Bonchev–Trinajstić information content (AvgIpc) is 2.88. The molecular weight excluding hydrogens is 563 g/mol. The number of hydrogen-bond donors (Lipinski definition) is 2. The monoisotopic (exact) mass is 586 g/mol. The highest BCUT2D eigenvalue weighted by Crippen LogP contribution is 2.32. The summed E-state index contributed by atoms with van der Waals surface area (Å²) in [6.07, 6.45) is 0. The van der Waals surface area contributed by atoms with Crippen molar-refractivity contribution in [1.29, 1.82) is 0 Å². The topological polar surface area (TPSA) is 108 Å². The summed E-state index contributed by atoms with van der Waals surface area (Å²) >= 11 is 12.1. The maximum absolute atomic E-state index is 13.5. The minimum atomic E-state index is -4.25. The van der Waals surface area contributed by atoms with Crippen LogP contribution in [0.5, 0.6) is 5.75 Å². The van der Waals surface area contributed by atoms with Gasteiger partial charge in [0, 0.05) is 24.2 Å². The van der Waals surface area contributed by atoms with Crippen LogP contribution in [0.1, 0.15) is 17.3 Å². The van der Waals surface area contributed by atoms with Crippen LogP contribution in [-0.2, 0) is 14.8 Å². The molecule has 0 aliphatic heterocycles. The summed E-state index contributed by atoms with van der Waals surface area (Å²) in [7, 11) is -2.64. The van der Waals surface area contributed by atoms with Crippen molar-refractivity contribution in [3.05, 3.63) is 88.4 Å². The molecule has 0 spiro atoms. The number of sulfonamides is 1. The number of nitrogens with one attached hydrogen (secondary N) is 2. The molecule has 13 heteroatoms. The number of carbonyl (C=O) groups is 2. The molecule has 0 aliphatic carbocycles. The lowest BCUT2D eigenvalue weighted by atomic mass is 10.2. The molecule has 2 N–H and O–H groups in total. The first kappa shape index (κ1) is 30.2. The van der Waals surface area contributed by atoms with Crippen LogP contribution in [0, 0.1) is 0 Å². The van der Waals surface area contributed by atoms with Crippen LogP contribution in [0.25, 0.3) is 0 Å². The van der Waals surface area contributed by atoms with Crippen LogP contribution in [0.4, 0.5) is 5.69 Å². The number of hydrazine groups is 1. The van der Waals surface area contributed by atoms with Crippen molar-refractivity contribution in [3.63, 3.8) is 0 Å². The summed E-state index contributed by atoms with van der Waals surface area (Å²) in [4.78, 5) is 30.1. The fourth-order valence-electron chi connectivity index (χ4n) is 3.12. The first-order valence-electron chi connectivity index (χ1n) is 10.8. The van der Waals surface area contributed by atoms with E-state index in [1.54, 1.807) is 44.3 Å². The molecule has 0 atom stereocenters. The summed E-state index contributed by atoms with van der Waals surface area (Å²) in [5.74, 6) is -0.760. The lowest BCUT2D eigenvalue weighted by Gasteiger charge is -2.24. The van der Waals surface area contributed by atoms with Crippen molar-refractivity contribution in [2.75, 3.05) is 24.6 Å². The van der Waals surface area contributed by atoms with Crippen LogP contribution < -0.4 is 20.0 Å². The van der Waals surface area contributed by atoms with Gasteiger partial charge in [-0.3, -0.25) is 14.6 Å². The predicted molar refractivity (Wildman–Crippen MR) is 146 cm³/mol. The van der Waals surface area contributed by atoms with E-state index in [9.17, 15) is 18.0 Å². The molecule has 0 unspecified atom stereocenters. The van der Waals surface area contributed by atoms with Crippen molar-refractivity contribution in [2.24, 2.45) is 0 Å². The van der Waals surface area contributed by atoms with Gasteiger partial charge in [0.15, 0.2) is 5.75 Å². The van der Waals surface area contributed by atoms with Gasteiger partial charge in [0.05, 0.1) is 22.2 Å². The van der Waals surface area contributed by atoms with Gasteiger partial charge in [0.2, 0.25) is 0 Å². The summed E-state index contributed by atoms with van der Waals surface area (Å²) in [5, 5.41) is 4.36. The third-order valence-electron chi connectivity index (χ3n) is 4.96. The van der Waals surface area contributed by atoms with E-state index in [-0.39, 0.29) is 51.8 Å². The van der Waals surface area contributed by atoms with Crippen LogP contribution in [0.2, 0.25) is 10.0 Å². The van der Waals surface area contributed by atoms with Gasteiger partial charge in [-0.25, -0.2) is 5.43 Å². The van der Waals surface area contributed by atoms with Crippen LogP contribution >= 0.6 is 35.6 Å². The largest absolute Gasteiger partial charge is 0.363 e. The molecule has 2 amide bonds. The molecule has 0 radical (unpaired) electrons. The van der Waals surface area contributed by atoms with Gasteiger partial charge in [-0.15, -0.1) is 12.4 Å². The molecule has 3 aromatic rings. The molecule has 198 valence electrons. The molecule has 0 bridgehead atoms. The number of para-hydroxylation sites is 1. The van der Waals surface area contributed by atoms with Crippen molar-refractivity contribution < 1.29 is 22.8 Å². The number of carbonyl (C=O) groups excluding carboxylic acids is 2. The molecule has 0 heterocycles. The third kappa shape index (κ3) is 7.50. The highest BCUT2D eigenvalue weighted by molar-refractivity contribution is 7.92. The molecule has 0 aromatic heterocycles. The Morgan fingerprint density at radius 1 is 0.973 bits per heavy atom.